The summed E-state index contributed by atoms with van der Waals surface area (Å²) in [6, 6.07) is 2.51. The van der Waals surface area contributed by atoms with Crippen molar-refractivity contribution in [2.45, 2.75) is 19.8 Å². The first-order valence-electron chi connectivity index (χ1n) is 10.3. The average molecular weight is 444 g/mol. The van der Waals surface area contributed by atoms with Crippen molar-refractivity contribution >= 4 is 39.1 Å². The summed E-state index contributed by atoms with van der Waals surface area (Å²) in [4.78, 5) is 15.5. The maximum absolute atomic E-state index is 14.3. The van der Waals surface area contributed by atoms with Gasteiger partial charge in [0.1, 0.15) is 22.3 Å². The Kier molecular flexibility index (Phi) is 4.03. The molecule has 7 nitrogen and oxygen atoms in total. The fourth-order valence-corrected chi connectivity index (χ4v) is 2.61. The highest BCUT2D eigenvalue weighted by atomic mass is 35.5. The van der Waals surface area contributed by atoms with Crippen LogP contribution in [0.15, 0.2) is 24.4 Å². The molecule has 146 valence electrons. The smallest absolute Gasteiger partial charge is 0.267 e. The quantitative estimate of drug-likeness (QED) is 0.729. The molecule has 0 radical (unpaired) electrons. The molecule has 0 fully saturated rings. The number of hydrogen-bond acceptors (Lipinski definition) is 6. The summed E-state index contributed by atoms with van der Waals surface area (Å²) < 4.78 is 100. The lowest BCUT2D eigenvalue weighted by Crippen LogP contribution is -2.30. The highest BCUT2D eigenvalue weighted by Gasteiger charge is 2.19. The second-order valence-corrected chi connectivity index (χ2v) is 7.52. The Labute approximate surface area is 175 Å². The lowest BCUT2D eigenvalue weighted by Gasteiger charge is -2.13. The normalized spacial score (nSPS) is 16.5. The van der Waals surface area contributed by atoms with E-state index in [4.69, 9.17) is 42.3 Å². The van der Waals surface area contributed by atoms with E-state index in [1.807, 2.05) is 0 Å². The van der Waals surface area contributed by atoms with E-state index in [2.05, 4.69) is 4.98 Å². The van der Waals surface area contributed by atoms with Gasteiger partial charge in [-0.1, -0.05) is 23.2 Å². The number of rotatable bonds is 6. The number of carbonyl (C=O) groups is 1. The zero-order valence-corrected chi connectivity index (χ0v) is 15.7. The minimum Gasteiger partial charge on any atom is -0.474 e. The molecule has 0 aliphatic heterocycles. The topological polar surface area (TPSA) is 94.6 Å². The predicted molar refractivity (Wildman–Crippen MR) is 98.8 cm³/mol. The predicted octanol–water partition coefficient (Wildman–Crippen LogP) is 3.80. The minimum absolute atomic E-state index is 0.190. The number of nitrogens with one attached hydrogen (secondary N) is 1. The first-order valence-corrected chi connectivity index (χ1v) is 9.43. The molecule has 0 spiro atoms. The van der Waals surface area contributed by atoms with E-state index in [0.29, 0.717) is 12.3 Å². The Balaban J connectivity index is 2.33. The van der Waals surface area contributed by atoms with E-state index >= 15 is 0 Å². The monoisotopic (exact) mass is 443 g/mol. The Morgan fingerprint density at radius 2 is 2.04 bits per heavy atom. The molecule has 1 aromatic heterocycles. The first kappa shape index (κ1) is 13.1. The fraction of sp³-hybridized carbons (Fsp3) is 0.250. The number of hydrogen-bond donors (Lipinski definition) is 1. The molecule has 0 aliphatic carbocycles. The van der Waals surface area contributed by atoms with Crippen LogP contribution in [-0.2, 0) is 10.0 Å². The van der Waals surface area contributed by atoms with Gasteiger partial charge in [0.05, 0.1) is 30.5 Å². The van der Waals surface area contributed by atoms with Crippen molar-refractivity contribution in [2.24, 2.45) is 0 Å². The van der Waals surface area contributed by atoms with Crippen LogP contribution in [0.1, 0.15) is 33.7 Å². The number of carbonyl (C=O) groups excluding carboxylic acids is 1. The molecule has 2 rings (SSSR count). The van der Waals surface area contributed by atoms with Gasteiger partial charge in [0.25, 0.3) is 5.91 Å². The second-order valence-electron chi connectivity index (χ2n) is 4.96. The van der Waals surface area contributed by atoms with Crippen LogP contribution in [0.3, 0.4) is 0 Å². The molecule has 1 N–H and O–H groups in total. The lowest BCUT2D eigenvalue weighted by atomic mass is 10.2. The van der Waals surface area contributed by atoms with Gasteiger partial charge in [-0.05, 0) is 19.8 Å². The minimum atomic E-state index is -3.96. The van der Waals surface area contributed by atoms with Crippen molar-refractivity contribution in [3.8, 4) is 17.4 Å². The van der Waals surface area contributed by atoms with Crippen LogP contribution in [0.4, 0.5) is 4.39 Å². The van der Waals surface area contributed by atoms with Crippen LogP contribution in [-0.4, -0.2) is 31.6 Å². The second kappa shape index (κ2) is 8.28. The largest absolute Gasteiger partial charge is 0.474 e. The molecule has 0 atom stereocenters. The van der Waals surface area contributed by atoms with E-state index in [1.165, 1.54) is 0 Å². The zero-order chi connectivity index (χ0) is 26.3. The molecule has 0 bridgehead atoms. The van der Waals surface area contributed by atoms with E-state index < -0.39 is 58.0 Å². The maximum atomic E-state index is 14.3. The zero-order valence-electron chi connectivity index (χ0n) is 20.3. The van der Waals surface area contributed by atoms with Gasteiger partial charge in [0.15, 0.2) is 0 Å². The third-order valence-electron chi connectivity index (χ3n) is 2.75. The van der Waals surface area contributed by atoms with Crippen molar-refractivity contribution < 1.29 is 36.7 Å². The molecular weight excluding hydrogens is 422 g/mol. The van der Waals surface area contributed by atoms with Gasteiger partial charge in [-0.2, -0.15) is 0 Å². The SMILES string of the molecule is [2H]C([2H])([2H])C([2H])(Oc1ncc(Oc2cc(F)c(C(=O)NS(C)(=O)=O)cc2Cl)cc1Cl)C([2H])([2H])[2H]. The van der Waals surface area contributed by atoms with Gasteiger partial charge in [0, 0.05) is 20.4 Å². The average Bonchev–Trinajstić information content (AvgIpc) is 2.63. The summed E-state index contributed by atoms with van der Waals surface area (Å²) in [6.07, 6.45) is -1.78. The Morgan fingerprint density at radius 3 is 2.63 bits per heavy atom. The third-order valence-corrected chi connectivity index (χ3v) is 3.88. The van der Waals surface area contributed by atoms with Gasteiger partial charge in [0.2, 0.25) is 15.9 Å². The number of sulfonamides is 1. The van der Waals surface area contributed by atoms with E-state index in [-0.39, 0.29) is 16.5 Å². The Hall–Kier alpha value is -2.10. The highest BCUT2D eigenvalue weighted by Crippen LogP contribution is 2.34. The molecule has 0 saturated carbocycles. The molecule has 1 aromatic carbocycles. The summed E-state index contributed by atoms with van der Waals surface area (Å²) in [7, 11) is -3.96. The standard InChI is InChI=1S/C16H15Cl2FN2O5S/c1-8(2)25-16-12(18)4-9(7-20-16)26-14-6-13(19)10(5-11(14)17)15(22)21-27(3,23)24/h4-8H,1-3H3,(H,21,22)/i1D3,2D3,8D. The van der Waals surface area contributed by atoms with Crippen molar-refractivity contribution in [1.29, 1.82) is 0 Å². The number of halogens is 3. The summed E-state index contributed by atoms with van der Waals surface area (Å²) >= 11 is 11.9. The summed E-state index contributed by atoms with van der Waals surface area (Å²) in [5.74, 6) is -3.65. The van der Waals surface area contributed by atoms with Crippen molar-refractivity contribution in [1.82, 2.24) is 9.71 Å². The maximum Gasteiger partial charge on any atom is 0.267 e. The lowest BCUT2D eigenvalue weighted by molar-refractivity contribution is 0.0977. The summed E-state index contributed by atoms with van der Waals surface area (Å²) in [6.45, 7) is -6.79. The van der Waals surface area contributed by atoms with Gasteiger partial charge in [-0.15, -0.1) is 0 Å². The van der Waals surface area contributed by atoms with E-state index in [1.54, 1.807) is 4.72 Å². The van der Waals surface area contributed by atoms with Crippen LogP contribution in [0.5, 0.6) is 17.4 Å². The van der Waals surface area contributed by atoms with Crippen LogP contribution in [0, 0.1) is 5.82 Å². The van der Waals surface area contributed by atoms with Gasteiger partial charge < -0.3 is 9.47 Å². The van der Waals surface area contributed by atoms with Crippen LogP contribution >= 0.6 is 23.2 Å². The fourth-order valence-electron chi connectivity index (χ4n) is 1.77. The highest BCUT2D eigenvalue weighted by molar-refractivity contribution is 7.89. The number of ether oxygens (including phenoxy) is 2. The van der Waals surface area contributed by atoms with Crippen molar-refractivity contribution in [3.63, 3.8) is 0 Å². The Bertz CT molecular complexity index is 1210. The van der Waals surface area contributed by atoms with Crippen LogP contribution < -0.4 is 14.2 Å². The van der Waals surface area contributed by atoms with Gasteiger partial charge in [-0.25, -0.2) is 22.5 Å². The molecular formula is C16H15Cl2FN2O5S. The number of nitrogens with zero attached hydrogens (tertiary/aromatic N) is 1. The van der Waals surface area contributed by atoms with Gasteiger partial charge in [-0.3, -0.25) is 4.79 Å². The summed E-state index contributed by atoms with van der Waals surface area (Å²) in [5, 5.41) is -0.741. The molecule has 11 heteroatoms. The molecule has 0 saturated heterocycles. The molecule has 1 amide bonds. The molecule has 2 aromatic rings. The molecule has 0 unspecified atom stereocenters. The van der Waals surface area contributed by atoms with Crippen molar-refractivity contribution in [3.05, 3.63) is 45.8 Å². The van der Waals surface area contributed by atoms with Crippen LogP contribution in [0.25, 0.3) is 0 Å². The van der Waals surface area contributed by atoms with E-state index in [9.17, 15) is 17.6 Å². The van der Waals surface area contributed by atoms with Gasteiger partial charge >= 0.3 is 0 Å². The number of amides is 1. The number of aromatic nitrogens is 1. The third kappa shape index (κ3) is 5.95. The number of benzene rings is 1. The first-order chi connectivity index (χ1) is 15.2. The Morgan fingerprint density at radius 1 is 1.33 bits per heavy atom. The summed E-state index contributed by atoms with van der Waals surface area (Å²) in [5.41, 5.74) is -0.677. The van der Waals surface area contributed by atoms with E-state index in [0.717, 1.165) is 18.3 Å². The number of pyridine rings is 1. The molecule has 1 heterocycles. The van der Waals surface area contributed by atoms with Crippen LogP contribution in [0.2, 0.25) is 10.0 Å². The molecule has 27 heavy (non-hydrogen) atoms. The van der Waals surface area contributed by atoms with Crippen molar-refractivity contribution in [2.75, 3.05) is 6.26 Å². The molecule has 0 aliphatic rings.